The quantitative estimate of drug-likeness (QED) is 0.384. The molecule has 1 aromatic heterocycles. The minimum absolute atomic E-state index is 0.0585. The number of carbonyl (C=O) groups is 2. The fourth-order valence-corrected chi connectivity index (χ4v) is 2.67. The molecule has 3 rings (SSSR count). The predicted molar refractivity (Wildman–Crippen MR) is 111 cm³/mol. The van der Waals surface area contributed by atoms with E-state index in [0.29, 0.717) is 23.6 Å². The lowest BCUT2D eigenvalue weighted by Gasteiger charge is -2.09. The number of hydrogen-bond acceptors (Lipinski definition) is 6. The molecule has 0 amide bonds. The first-order chi connectivity index (χ1) is 14.6. The molecule has 0 bridgehead atoms. The summed E-state index contributed by atoms with van der Waals surface area (Å²) in [6.45, 7) is 4.66. The molecule has 0 spiro atoms. The SMILES string of the molecule is CCCCOc1ccc(C(=O)Oc2cc(C(=O)OCC)nn2-c2ccccc2)cc1. The second kappa shape index (κ2) is 10.2. The van der Waals surface area contributed by atoms with Gasteiger partial charge in [0, 0.05) is 6.07 Å². The van der Waals surface area contributed by atoms with E-state index in [0.717, 1.165) is 12.8 Å². The number of benzene rings is 2. The molecule has 0 aliphatic heterocycles. The number of para-hydroxylation sites is 1. The van der Waals surface area contributed by atoms with Crippen molar-refractivity contribution in [3.05, 3.63) is 71.9 Å². The number of ether oxygens (including phenoxy) is 3. The highest BCUT2D eigenvalue weighted by molar-refractivity contribution is 5.92. The highest BCUT2D eigenvalue weighted by atomic mass is 16.5. The summed E-state index contributed by atoms with van der Waals surface area (Å²) < 4.78 is 17.6. The maximum Gasteiger partial charge on any atom is 0.358 e. The van der Waals surface area contributed by atoms with Crippen molar-refractivity contribution in [3.8, 4) is 17.3 Å². The standard InChI is InChI=1S/C23H24N2O5/c1-3-5-15-29-19-13-11-17(12-14-19)22(26)30-21-16-20(23(27)28-4-2)24-25(21)18-9-7-6-8-10-18/h6-14,16H,3-5,15H2,1-2H3. The molecular weight excluding hydrogens is 384 g/mol. The molecule has 0 fully saturated rings. The van der Waals surface area contributed by atoms with Crippen LogP contribution < -0.4 is 9.47 Å². The van der Waals surface area contributed by atoms with Gasteiger partial charge in [0.1, 0.15) is 5.75 Å². The highest BCUT2D eigenvalue weighted by Crippen LogP contribution is 2.22. The Morgan fingerprint density at radius 2 is 1.70 bits per heavy atom. The molecule has 0 atom stereocenters. The summed E-state index contributed by atoms with van der Waals surface area (Å²) in [6, 6.07) is 17.2. The maximum atomic E-state index is 12.7. The zero-order valence-electron chi connectivity index (χ0n) is 17.0. The van der Waals surface area contributed by atoms with Crippen LogP contribution in [-0.2, 0) is 4.74 Å². The Kier molecular flexibility index (Phi) is 7.21. The minimum atomic E-state index is -0.585. The first-order valence-electron chi connectivity index (χ1n) is 9.90. The van der Waals surface area contributed by atoms with Crippen LogP contribution in [0, 0.1) is 0 Å². The molecule has 156 valence electrons. The molecule has 2 aromatic carbocycles. The van der Waals surface area contributed by atoms with Crippen LogP contribution in [0.4, 0.5) is 0 Å². The third-order valence-corrected chi connectivity index (χ3v) is 4.22. The van der Waals surface area contributed by atoms with E-state index in [9.17, 15) is 9.59 Å². The zero-order chi connectivity index (χ0) is 21.3. The summed E-state index contributed by atoms with van der Waals surface area (Å²) in [6.07, 6.45) is 2.02. The van der Waals surface area contributed by atoms with Gasteiger partial charge in [-0.3, -0.25) is 0 Å². The van der Waals surface area contributed by atoms with Gasteiger partial charge in [-0.1, -0.05) is 31.5 Å². The Morgan fingerprint density at radius 3 is 2.37 bits per heavy atom. The van der Waals surface area contributed by atoms with Crippen molar-refractivity contribution in [1.29, 1.82) is 0 Å². The average molecular weight is 408 g/mol. The van der Waals surface area contributed by atoms with Crippen molar-refractivity contribution in [3.63, 3.8) is 0 Å². The molecule has 0 N–H and O–H groups in total. The van der Waals surface area contributed by atoms with Gasteiger partial charge in [0.25, 0.3) is 0 Å². The van der Waals surface area contributed by atoms with Crippen molar-refractivity contribution < 1.29 is 23.8 Å². The summed E-state index contributed by atoms with van der Waals surface area (Å²) >= 11 is 0. The van der Waals surface area contributed by atoms with Crippen LogP contribution in [0.25, 0.3) is 5.69 Å². The van der Waals surface area contributed by atoms with Crippen molar-refractivity contribution in [1.82, 2.24) is 9.78 Å². The van der Waals surface area contributed by atoms with E-state index >= 15 is 0 Å². The Labute approximate surface area is 175 Å². The molecule has 30 heavy (non-hydrogen) atoms. The van der Waals surface area contributed by atoms with Gasteiger partial charge in [-0.05, 0) is 49.7 Å². The highest BCUT2D eigenvalue weighted by Gasteiger charge is 2.20. The first-order valence-corrected chi connectivity index (χ1v) is 9.90. The van der Waals surface area contributed by atoms with Gasteiger partial charge in [-0.2, -0.15) is 9.78 Å². The van der Waals surface area contributed by atoms with Gasteiger partial charge >= 0.3 is 11.9 Å². The van der Waals surface area contributed by atoms with Crippen molar-refractivity contribution in [2.24, 2.45) is 0 Å². The second-order valence-electron chi connectivity index (χ2n) is 6.45. The lowest BCUT2D eigenvalue weighted by molar-refractivity contribution is 0.0518. The van der Waals surface area contributed by atoms with Crippen molar-refractivity contribution in [2.45, 2.75) is 26.7 Å². The van der Waals surface area contributed by atoms with E-state index in [1.807, 2.05) is 18.2 Å². The molecule has 7 heteroatoms. The van der Waals surface area contributed by atoms with E-state index in [1.54, 1.807) is 43.3 Å². The van der Waals surface area contributed by atoms with Crippen molar-refractivity contribution >= 4 is 11.9 Å². The van der Waals surface area contributed by atoms with Gasteiger partial charge in [-0.15, -0.1) is 0 Å². The summed E-state index contributed by atoms with van der Waals surface area (Å²) in [5.74, 6) is -0.336. The number of esters is 2. The third-order valence-electron chi connectivity index (χ3n) is 4.22. The molecule has 0 saturated carbocycles. The van der Waals surface area contributed by atoms with E-state index in [-0.39, 0.29) is 18.2 Å². The molecule has 0 aliphatic rings. The summed E-state index contributed by atoms with van der Waals surface area (Å²) in [4.78, 5) is 24.7. The van der Waals surface area contributed by atoms with Crippen LogP contribution in [0.5, 0.6) is 11.6 Å². The van der Waals surface area contributed by atoms with Gasteiger partial charge in [0.2, 0.25) is 5.88 Å². The summed E-state index contributed by atoms with van der Waals surface area (Å²) in [5.41, 5.74) is 1.06. The molecule has 0 aliphatic carbocycles. The van der Waals surface area contributed by atoms with Crippen LogP contribution in [-0.4, -0.2) is 34.9 Å². The number of aromatic nitrogens is 2. The lowest BCUT2D eigenvalue weighted by Crippen LogP contribution is -2.12. The number of rotatable bonds is 9. The van der Waals surface area contributed by atoms with Gasteiger partial charge in [0.15, 0.2) is 5.69 Å². The van der Waals surface area contributed by atoms with Crippen LogP contribution in [0.3, 0.4) is 0 Å². The Morgan fingerprint density at radius 1 is 0.967 bits per heavy atom. The smallest absolute Gasteiger partial charge is 0.358 e. The maximum absolute atomic E-state index is 12.7. The molecule has 1 heterocycles. The number of unbranched alkanes of at least 4 members (excludes halogenated alkanes) is 1. The number of carbonyl (C=O) groups excluding carboxylic acids is 2. The fourth-order valence-electron chi connectivity index (χ4n) is 2.67. The zero-order valence-corrected chi connectivity index (χ0v) is 17.0. The summed E-state index contributed by atoms with van der Waals surface area (Å²) in [5, 5.41) is 4.25. The molecule has 7 nitrogen and oxygen atoms in total. The monoisotopic (exact) mass is 408 g/mol. The topological polar surface area (TPSA) is 79.7 Å². The van der Waals surface area contributed by atoms with Crippen LogP contribution in [0.2, 0.25) is 0 Å². The summed E-state index contributed by atoms with van der Waals surface area (Å²) in [7, 11) is 0. The van der Waals surface area contributed by atoms with E-state index in [2.05, 4.69) is 12.0 Å². The van der Waals surface area contributed by atoms with Gasteiger partial charge < -0.3 is 14.2 Å². The van der Waals surface area contributed by atoms with E-state index < -0.39 is 11.9 Å². The Hall–Kier alpha value is -3.61. The van der Waals surface area contributed by atoms with Crippen molar-refractivity contribution in [2.75, 3.05) is 13.2 Å². The lowest BCUT2D eigenvalue weighted by atomic mass is 10.2. The minimum Gasteiger partial charge on any atom is -0.494 e. The van der Waals surface area contributed by atoms with Gasteiger partial charge in [-0.25, -0.2) is 9.59 Å². The number of nitrogens with zero attached hydrogens (tertiary/aromatic N) is 2. The second-order valence-corrected chi connectivity index (χ2v) is 6.45. The van der Waals surface area contributed by atoms with E-state index in [1.165, 1.54) is 10.7 Å². The molecule has 0 unspecified atom stereocenters. The average Bonchev–Trinajstić information content (AvgIpc) is 3.19. The van der Waals surface area contributed by atoms with Crippen LogP contribution in [0.15, 0.2) is 60.7 Å². The molecular formula is C23H24N2O5. The molecule has 3 aromatic rings. The van der Waals surface area contributed by atoms with E-state index in [4.69, 9.17) is 14.2 Å². The number of hydrogen-bond donors (Lipinski definition) is 0. The van der Waals surface area contributed by atoms with Crippen LogP contribution in [0.1, 0.15) is 47.5 Å². The Bertz CT molecular complexity index is 981. The first kappa shape index (κ1) is 21.1. The fraction of sp³-hybridized carbons (Fsp3) is 0.261. The third kappa shape index (κ3) is 5.26. The Balaban J connectivity index is 1.80. The van der Waals surface area contributed by atoms with Crippen LogP contribution >= 0.6 is 0 Å². The predicted octanol–water partition coefficient (Wildman–Crippen LogP) is 4.45. The largest absolute Gasteiger partial charge is 0.494 e. The normalized spacial score (nSPS) is 10.5. The molecule has 0 radical (unpaired) electrons. The van der Waals surface area contributed by atoms with Gasteiger partial charge in [0.05, 0.1) is 24.5 Å². The molecule has 0 saturated heterocycles.